The Balaban J connectivity index is 1.52. The van der Waals surface area contributed by atoms with Gasteiger partial charge in [-0.2, -0.15) is 0 Å². The number of benzene rings is 1. The number of anilines is 1. The second-order valence-corrected chi connectivity index (χ2v) is 12.4. The molecule has 2 N–H and O–H groups in total. The molecule has 7 nitrogen and oxygen atoms in total. The standard InChI is InChI=1S/C25H30FN3O4S/c1-13-10-16(6-9-20(13)26)27-24(31)21-14(2)22(29(4)15(21)3)23(30)25(32)28-17-11-18-7-8-19(12-17)34(18,5)33/h6,9-10,17-19H,5,7-8,11-12H2,1-4H3,(H,27,31)(H,28,32). The van der Waals surface area contributed by atoms with Gasteiger partial charge in [-0.3, -0.25) is 18.6 Å². The first-order valence-corrected chi connectivity index (χ1v) is 13.2. The molecule has 0 aliphatic carbocycles. The molecule has 2 unspecified atom stereocenters. The first-order chi connectivity index (χ1) is 15.9. The Morgan fingerprint density at radius 3 is 2.32 bits per heavy atom. The Kier molecular flexibility index (Phi) is 6.18. The topological polar surface area (TPSA) is 97.3 Å². The molecule has 2 aliphatic heterocycles. The average Bonchev–Trinajstić information content (AvgIpc) is 3.03. The highest BCUT2D eigenvalue weighted by Crippen LogP contribution is 2.38. The third-order valence-corrected chi connectivity index (χ3v) is 10.5. The van der Waals surface area contributed by atoms with Crippen LogP contribution in [-0.2, 0) is 21.4 Å². The predicted molar refractivity (Wildman–Crippen MR) is 132 cm³/mol. The van der Waals surface area contributed by atoms with Gasteiger partial charge in [0, 0.05) is 35.0 Å². The molecular weight excluding hydrogens is 457 g/mol. The van der Waals surface area contributed by atoms with E-state index in [-0.39, 0.29) is 28.1 Å². The average molecular weight is 488 g/mol. The fourth-order valence-electron chi connectivity index (χ4n) is 5.36. The summed E-state index contributed by atoms with van der Waals surface area (Å²) in [7, 11) is -0.493. The van der Waals surface area contributed by atoms with Crippen molar-refractivity contribution in [3.63, 3.8) is 0 Å². The molecule has 2 bridgehead atoms. The van der Waals surface area contributed by atoms with Crippen molar-refractivity contribution < 1.29 is 23.0 Å². The molecule has 0 saturated carbocycles. The Labute approximate surface area is 199 Å². The van der Waals surface area contributed by atoms with Gasteiger partial charge in [0.15, 0.2) is 0 Å². The van der Waals surface area contributed by atoms with Crippen LogP contribution in [0.5, 0.6) is 0 Å². The number of nitrogens with zero attached hydrogens (tertiary/aromatic N) is 1. The number of aryl methyl sites for hydroxylation is 1. The molecule has 1 aromatic carbocycles. The molecule has 2 amide bonds. The predicted octanol–water partition coefficient (Wildman–Crippen LogP) is 3.05. The summed E-state index contributed by atoms with van der Waals surface area (Å²) in [6.07, 6.45) is 2.81. The maximum atomic E-state index is 13.6. The number of hydrogen-bond acceptors (Lipinski definition) is 4. The van der Waals surface area contributed by atoms with Crippen LogP contribution in [0.2, 0.25) is 0 Å². The van der Waals surface area contributed by atoms with E-state index in [2.05, 4.69) is 16.5 Å². The quantitative estimate of drug-likeness (QED) is 0.385. The Hall–Kier alpha value is -2.94. The summed E-state index contributed by atoms with van der Waals surface area (Å²) >= 11 is 0. The van der Waals surface area contributed by atoms with Crippen molar-refractivity contribution in [2.75, 3.05) is 5.32 Å². The van der Waals surface area contributed by atoms with Gasteiger partial charge in [0.1, 0.15) is 5.82 Å². The van der Waals surface area contributed by atoms with E-state index in [0.29, 0.717) is 40.9 Å². The van der Waals surface area contributed by atoms with Crippen LogP contribution in [-0.4, -0.2) is 48.8 Å². The van der Waals surface area contributed by atoms with Gasteiger partial charge in [-0.05, 0) is 91.2 Å². The zero-order chi connectivity index (χ0) is 24.9. The molecule has 2 saturated heterocycles. The van der Waals surface area contributed by atoms with Crippen molar-refractivity contribution in [3.8, 4) is 0 Å². The molecule has 1 aromatic heterocycles. The highest BCUT2D eigenvalue weighted by Gasteiger charge is 2.43. The van der Waals surface area contributed by atoms with Gasteiger partial charge in [-0.25, -0.2) is 4.39 Å². The van der Waals surface area contributed by atoms with Gasteiger partial charge < -0.3 is 15.2 Å². The Morgan fingerprint density at radius 2 is 1.74 bits per heavy atom. The van der Waals surface area contributed by atoms with Crippen molar-refractivity contribution in [2.45, 2.75) is 63.0 Å². The molecule has 4 rings (SSSR count). The van der Waals surface area contributed by atoms with Crippen LogP contribution >= 0.6 is 0 Å². The molecule has 9 heteroatoms. The summed E-state index contributed by atoms with van der Waals surface area (Å²) in [6.45, 7) is 4.94. The number of hydrogen-bond donors (Lipinski definition) is 2. The minimum atomic E-state index is -2.13. The molecule has 2 aliphatic rings. The van der Waals surface area contributed by atoms with Crippen LogP contribution < -0.4 is 10.6 Å². The number of fused-ring (bicyclic) bond motifs is 2. The van der Waals surface area contributed by atoms with E-state index in [4.69, 9.17) is 0 Å². The largest absolute Gasteiger partial charge is 0.346 e. The second kappa shape index (κ2) is 8.69. The number of carbonyl (C=O) groups is 3. The van der Waals surface area contributed by atoms with Gasteiger partial charge in [0.25, 0.3) is 17.6 Å². The fraction of sp³-hybridized carbons (Fsp3) is 0.440. The lowest BCUT2D eigenvalue weighted by Gasteiger charge is -2.31. The van der Waals surface area contributed by atoms with Gasteiger partial charge in [0.05, 0.1) is 11.3 Å². The number of rotatable bonds is 5. The fourth-order valence-corrected chi connectivity index (χ4v) is 8.09. The number of carbonyl (C=O) groups excluding carboxylic acids is 3. The number of Topliss-reactive ketones (excluding diaryl/α,β-unsaturated/α-hetero) is 1. The van der Waals surface area contributed by atoms with Gasteiger partial charge in [0.2, 0.25) is 0 Å². The normalized spacial score (nSPS) is 25.7. The summed E-state index contributed by atoms with van der Waals surface area (Å²) in [5, 5.41) is 5.54. The third kappa shape index (κ3) is 4.06. The van der Waals surface area contributed by atoms with Crippen LogP contribution in [0, 0.1) is 26.6 Å². The van der Waals surface area contributed by atoms with E-state index < -0.39 is 27.1 Å². The van der Waals surface area contributed by atoms with Gasteiger partial charge in [-0.15, -0.1) is 0 Å². The lowest BCUT2D eigenvalue weighted by molar-refractivity contribution is -0.117. The highest BCUT2D eigenvalue weighted by atomic mass is 32.2. The Bertz CT molecular complexity index is 1290. The van der Waals surface area contributed by atoms with Crippen molar-refractivity contribution >= 4 is 38.7 Å². The van der Waals surface area contributed by atoms with Crippen LogP contribution in [0.3, 0.4) is 0 Å². The zero-order valence-corrected chi connectivity index (χ0v) is 20.7. The number of amides is 2. The Morgan fingerprint density at radius 1 is 1.12 bits per heavy atom. The SMILES string of the molecule is C=S1(=O)C2CCC1CC(NC(=O)C(=O)c1c(C)c(C(=O)Nc3ccc(F)c(C)c3)c(C)n1C)C2. The smallest absolute Gasteiger partial charge is 0.294 e. The second-order valence-electron chi connectivity index (χ2n) is 9.48. The van der Waals surface area contributed by atoms with E-state index in [1.54, 1.807) is 32.4 Å². The monoisotopic (exact) mass is 487 g/mol. The van der Waals surface area contributed by atoms with Crippen LogP contribution in [0.4, 0.5) is 10.1 Å². The maximum absolute atomic E-state index is 13.6. The van der Waals surface area contributed by atoms with E-state index in [9.17, 15) is 23.0 Å². The lowest BCUT2D eigenvalue weighted by Crippen LogP contribution is -2.47. The van der Waals surface area contributed by atoms with Crippen LogP contribution in [0.15, 0.2) is 18.2 Å². The molecule has 0 radical (unpaired) electrons. The molecule has 3 heterocycles. The molecular formula is C25H30FN3O4S. The number of nitrogens with one attached hydrogen (secondary N) is 2. The van der Waals surface area contributed by atoms with E-state index >= 15 is 0 Å². The van der Waals surface area contributed by atoms with E-state index in [0.717, 1.165) is 12.8 Å². The minimum Gasteiger partial charge on any atom is -0.346 e. The first-order valence-electron chi connectivity index (χ1n) is 11.3. The van der Waals surface area contributed by atoms with Gasteiger partial charge >= 0.3 is 0 Å². The molecule has 2 aromatic rings. The first kappa shape index (κ1) is 24.2. The summed E-state index contributed by atoms with van der Waals surface area (Å²) in [6, 6.07) is 4.06. The molecule has 0 spiro atoms. The lowest BCUT2D eigenvalue weighted by atomic mass is 10.1. The maximum Gasteiger partial charge on any atom is 0.294 e. The van der Waals surface area contributed by atoms with Crippen LogP contribution in [0.1, 0.15) is 63.4 Å². The number of ketones is 1. The van der Waals surface area contributed by atoms with E-state index in [1.807, 2.05) is 0 Å². The van der Waals surface area contributed by atoms with Crippen molar-refractivity contribution in [3.05, 3.63) is 52.1 Å². The summed E-state index contributed by atoms with van der Waals surface area (Å²) in [5.74, 6) is 1.68. The third-order valence-electron chi connectivity index (χ3n) is 7.36. The molecule has 2 fully saturated rings. The van der Waals surface area contributed by atoms with Crippen LogP contribution in [0.25, 0.3) is 0 Å². The van der Waals surface area contributed by atoms with Crippen molar-refractivity contribution in [2.24, 2.45) is 7.05 Å². The molecule has 182 valence electrons. The summed E-state index contributed by atoms with van der Waals surface area (Å²) < 4.78 is 27.8. The van der Waals surface area contributed by atoms with Crippen molar-refractivity contribution in [1.29, 1.82) is 0 Å². The summed E-state index contributed by atoms with van der Waals surface area (Å²) in [4.78, 5) is 39.0. The van der Waals surface area contributed by atoms with Gasteiger partial charge in [-0.1, -0.05) is 0 Å². The minimum absolute atomic E-state index is 0.0175. The summed E-state index contributed by atoms with van der Waals surface area (Å²) in [5.41, 5.74) is 2.23. The molecule has 2 atom stereocenters. The highest BCUT2D eigenvalue weighted by molar-refractivity contribution is 8.01. The van der Waals surface area contributed by atoms with Crippen molar-refractivity contribution in [1.82, 2.24) is 9.88 Å². The zero-order valence-electron chi connectivity index (χ0n) is 19.9. The van der Waals surface area contributed by atoms with E-state index in [1.165, 1.54) is 18.2 Å². The molecule has 34 heavy (non-hydrogen) atoms. The number of aromatic nitrogens is 1. The number of halogens is 1.